The Morgan fingerprint density at radius 2 is 2.28 bits per heavy atom. The van der Waals surface area contributed by atoms with Gasteiger partial charge in [-0.05, 0) is 30.0 Å². The fourth-order valence-electron chi connectivity index (χ4n) is 2.03. The average Bonchev–Trinajstić information content (AvgIpc) is 2.32. The van der Waals surface area contributed by atoms with E-state index < -0.39 is 0 Å². The highest BCUT2D eigenvalue weighted by Gasteiger charge is 2.17. The van der Waals surface area contributed by atoms with Gasteiger partial charge in [-0.1, -0.05) is 31.4 Å². The number of carbonyl (C=O) groups excluding carboxylic acids is 1. The Morgan fingerprint density at radius 3 is 2.94 bits per heavy atom. The molecule has 1 aliphatic rings. The molecule has 0 bridgehead atoms. The molecule has 0 heterocycles. The van der Waals surface area contributed by atoms with Gasteiger partial charge in [-0.25, -0.2) is 4.79 Å². The molecular formula is C14H20N2O2. The molecule has 1 aromatic carbocycles. The molecule has 1 amide bonds. The lowest BCUT2D eigenvalue weighted by Gasteiger charge is -2.24. The van der Waals surface area contributed by atoms with Crippen molar-refractivity contribution in [1.82, 2.24) is 0 Å². The van der Waals surface area contributed by atoms with Crippen LogP contribution in [0.15, 0.2) is 24.3 Å². The highest BCUT2D eigenvalue weighted by Crippen LogP contribution is 2.29. The topological polar surface area (TPSA) is 64.3 Å². The zero-order valence-corrected chi connectivity index (χ0v) is 10.5. The van der Waals surface area contributed by atoms with E-state index in [1.807, 2.05) is 24.3 Å². The Hall–Kier alpha value is -1.55. The molecule has 2 rings (SSSR count). The quantitative estimate of drug-likeness (QED) is 0.842. The van der Waals surface area contributed by atoms with Crippen LogP contribution in [0.3, 0.4) is 0 Å². The molecular weight excluding hydrogens is 228 g/mol. The summed E-state index contributed by atoms with van der Waals surface area (Å²) in [5, 5.41) is 2.71. The summed E-state index contributed by atoms with van der Waals surface area (Å²) in [5.41, 5.74) is 7.26. The molecule has 18 heavy (non-hydrogen) atoms. The normalized spacial score (nSPS) is 14.9. The molecule has 4 nitrogen and oxygen atoms in total. The van der Waals surface area contributed by atoms with Crippen molar-refractivity contribution >= 4 is 11.8 Å². The number of carbonyl (C=O) groups is 1. The Labute approximate surface area is 108 Å². The number of amides is 1. The molecule has 3 N–H and O–H groups in total. The number of nitrogens with two attached hydrogens (primary N) is 1. The van der Waals surface area contributed by atoms with Gasteiger partial charge in [0.15, 0.2) is 0 Å². The van der Waals surface area contributed by atoms with E-state index in [1.165, 1.54) is 19.3 Å². The van der Waals surface area contributed by atoms with Gasteiger partial charge in [0, 0.05) is 12.2 Å². The second-order valence-electron chi connectivity index (χ2n) is 4.75. The molecule has 1 fully saturated rings. The minimum atomic E-state index is -0.386. The monoisotopic (exact) mass is 248 g/mol. The third kappa shape index (κ3) is 3.74. The van der Waals surface area contributed by atoms with Gasteiger partial charge < -0.3 is 10.5 Å². The van der Waals surface area contributed by atoms with Crippen LogP contribution in [-0.2, 0) is 11.3 Å². The molecule has 0 spiro atoms. The highest BCUT2D eigenvalue weighted by molar-refractivity contribution is 5.84. The predicted molar refractivity (Wildman–Crippen MR) is 71.3 cm³/mol. The number of benzene rings is 1. The van der Waals surface area contributed by atoms with E-state index in [4.69, 9.17) is 10.5 Å². The number of rotatable bonds is 5. The SMILES string of the molecule is NCc1cccc(NC(=O)OCCC2CCC2)c1. The summed E-state index contributed by atoms with van der Waals surface area (Å²) in [5.74, 6) is 0.762. The van der Waals surface area contributed by atoms with E-state index in [-0.39, 0.29) is 6.09 Å². The fourth-order valence-corrected chi connectivity index (χ4v) is 2.03. The van der Waals surface area contributed by atoms with Gasteiger partial charge in [0.05, 0.1) is 6.61 Å². The first-order valence-corrected chi connectivity index (χ1v) is 6.50. The van der Waals surface area contributed by atoms with Gasteiger partial charge in [-0.3, -0.25) is 5.32 Å². The molecule has 0 aliphatic heterocycles. The van der Waals surface area contributed by atoms with Gasteiger partial charge in [0.25, 0.3) is 0 Å². The number of hydrogen-bond donors (Lipinski definition) is 2. The van der Waals surface area contributed by atoms with Crippen molar-refractivity contribution in [2.45, 2.75) is 32.2 Å². The first-order valence-electron chi connectivity index (χ1n) is 6.50. The van der Waals surface area contributed by atoms with Gasteiger partial charge in [0.2, 0.25) is 0 Å². The van der Waals surface area contributed by atoms with Crippen LogP contribution >= 0.6 is 0 Å². The van der Waals surface area contributed by atoms with E-state index in [1.54, 1.807) is 0 Å². The van der Waals surface area contributed by atoms with Crippen LogP contribution in [0.5, 0.6) is 0 Å². The van der Waals surface area contributed by atoms with Crippen LogP contribution in [0, 0.1) is 5.92 Å². The summed E-state index contributed by atoms with van der Waals surface area (Å²) in [6.45, 7) is 0.972. The lowest BCUT2D eigenvalue weighted by atomic mass is 9.83. The van der Waals surface area contributed by atoms with Crippen LogP contribution in [0.4, 0.5) is 10.5 Å². The second kappa shape index (κ2) is 6.40. The number of nitrogens with one attached hydrogen (secondary N) is 1. The zero-order chi connectivity index (χ0) is 12.8. The predicted octanol–water partition coefficient (Wildman–Crippen LogP) is 2.88. The minimum Gasteiger partial charge on any atom is -0.449 e. The van der Waals surface area contributed by atoms with E-state index in [2.05, 4.69) is 5.32 Å². The molecule has 0 atom stereocenters. The molecule has 1 saturated carbocycles. The molecule has 1 aliphatic carbocycles. The van der Waals surface area contributed by atoms with Gasteiger partial charge in [0.1, 0.15) is 0 Å². The molecule has 0 aromatic heterocycles. The van der Waals surface area contributed by atoms with Crippen molar-refractivity contribution in [3.05, 3.63) is 29.8 Å². The summed E-state index contributed by atoms with van der Waals surface area (Å²) < 4.78 is 5.14. The van der Waals surface area contributed by atoms with Crippen molar-refractivity contribution in [3.8, 4) is 0 Å². The van der Waals surface area contributed by atoms with E-state index >= 15 is 0 Å². The maximum Gasteiger partial charge on any atom is 0.411 e. The summed E-state index contributed by atoms with van der Waals surface area (Å²) in [6.07, 6.45) is 4.48. The molecule has 1 aromatic rings. The Balaban J connectivity index is 1.71. The average molecular weight is 248 g/mol. The van der Waals surface area contributed by atoms with E-state index in [0.717, 1.165) is 23.6 Å². The third-order valence-electron chi connectivity index (χ3n) is 3.39. The van der Waals surface area contributed by atoms with E-state index in [9.17, 15) is 4.79 Å². The molecule has 4 heteroatoms. The first kappa shape index (κ1) is 12.9. The summed E-state index contributed by atoms with van der Waals surface area (Å²) in [4.78, 5) is 11.5. The lowest BCUT2D eigenvalue weighted by molar-refractivity contribution is 0.142. The van der Waals surface area contributed by atoms with Crippen LogP contribution in [0.25, 0.3) is 0 Å². The first-order chi connectivity index (χ1) is 8.78. The van der Waals surface area contributed by atoms with Crippen molar-refractivity contribution < 1.29 is 9.53 Å². The largest absolute Gasteiger partial charge is 0.449 e. The number of hydrogen-bond acceptors (Lipinski definition) is 3. The Morgan fingerprint density at radius 1 is 1.44 bits per heavy atom. The van der Waals surface area contributed by atoms with Crippen LogP contribution in [-0.4, -0.2) is 12.7 Å². The zero-order valence-electron chi connectivity index (χ0n) is 10.5. The van der Waals surface area contributed by atoms with Crippen molar-refractivity contribution in [2.75, 3.05) is 11.9 Å². The Bertz CT molecular complexity index is 403. The second-order valence-corrected chi connectivity index (χ2v) is 4.75. The lowest BCUT2D eigenvalue weighted by Crippen LogP contribution is -2.18. The third-order valence-corrected chi connectivity index (χ3v) is 3.39. The smallest absolute Gasteiger partial charge is 0.411 e. The van der Waals surface area contributed by atoms with Gasteiger partial charge in [-0.15, -0.1) is 0 Å². The Kier molecular flexibility index (Phi) is 4.59. The fraction of sp³-hybridized carbons (Fsp3) is 0.500. The van der Waals surface area contributed by atoms with Crippen molar-refractivity contribution in [3.63, 3.8) is 0 Å². The summed E-state index contributed by atoms with van der Waals surface area (Å²) >= 11 is 0. The number of anilines is 1. The van der Waals surface area contributed by atoms with Gasteiger partial charge in [-0.2, -0.15) is 0 Å². The van der Waals surface area contributed by atoms with E-state index in [0.29, 0.717) is 13.2 Å². The standard InChI is InChI=1S/C14H20N2O2/c15-10-12-5-2-6-13(9-12)16-14(17)18-8-7-11-3-1-4-11/h2,5-6,9,11H,1,3-4,7-8,10,15H2,(H,16,17). The molecule has 0 saturated heterocycles. The maximum absolute atomic E-state index is 11.5. The molecule has 0 unspecified atom stereocenters. The van der Waals surface area contributed by atoms with Crippen molar-refractivity contribution in [2.24, 2.45) is 11.7 Å². The van der Waals surface area contributed by atoms with Gasteiger partial charge >= 0.3 is 6.09 Å². The van der Waals surface area contributed by atoms with Crippen molar-refractivity contribution in [1.29, 1.82) is 0 Å². The molecule has 0 radical (unpaired) electrons. The summed E-state index contributed by atoms with van der Waals surface area (Å²) in [6, 6.07) is 7.47. The minimum absolute atomic E-state index is 0.386. The van der Waals surface area contributed by atoms with Crippen LogP contribution < -0.4 is 11.1 Å². The molecule has 98 valence electrons. The van der Waals surface area contributed by atoms with Crippen LogP contribution in [0.2, 0.25) is 0 Å². The van der Waals surface area contributed by atoms with Crippen LogP contribution in [0.1, 0.15) is 31.2 Å². The maximum atomic E-state index is 11.5. The summed E-state index contributed by atoms with van der Waals surface area (Å²) in [7, 11) is 0. The highest BCUT2D eigenvalue weighted by atomic mass is 16.5. The number of ether oxygens (including phenoxy) is 1.